The Labute approximate surface area is 141 Å². The van der Waals surface area contributed by atoms with Gasteiger partial charge in [-0.15, -0.1) is 0 Å². The second-order valence-corrected chi connectivity index (χ2v) is 6.11. The first-order valence-corrected chi connectivity index (χ1v) is 8.22. The molecule has 0 radical (unpaired) electrons. The molecular formula is C17H20ClN3O2. The zero-order chi connectivity index (χ0) is 16.7. The third-order valence-electron chi connectivity index (χ3n) is 3.92. The van der Waals surface area contributed by atoms with Crippen molar-refractivity contribution in [2.24, 2.45) is 5.92 Å². The fourth-order valence-electron chi connectivity index (χ4n) is 2.58. The first-order chi connectivity index (χ1) is 11.1. The van der Waals surface area contributed by atoms with E-state index in [2.05, 4.69) is 5.32 Å². The van der Waals surface area contributed by atoms with E-state index in [1.54, 1.807) is 29.2 Å². The van der Waals surface area contributed by atoms with Gasteiger partial charge in [0, 0.05) is 23.8 Å². The standard InChI is InChI=1S/C17H20ClN3O2/c18-14-5-7-15(8-6-14)20-17(23)13(12-19)11-16(22)21-9-3-1-2-4-10-21/h5-8,13H,1-4,9-11H2,(H,20,23)/t13-/m0/s1. The second kappa shape index (κ2) is 8.54. The van der Waals surface area contributed by atoms with Crippen molar-refractivity contribution in [2.75, 3.05) is 18.4 Å². The number of nitrogens with zero attached hydrogens (tertiary/aromatic N) is 2. The summed E-state index contributed by atoms with van der Waals surface area (Å²) in [6, 6.07) is 8.56. The van der Waals surface area contributed by atoms with Crippen LogP contribution < -0.4 is 5.32 Å². The Kier molecular flexibility index (Phi) is 6.42. The molecule has 0 unspecified atom stereocenters. The van der Waals surface area contributed by atoms with E-state index in [9.17, 15) is 14.9 Å². The number of carbonyl (C=O) groups is 2. The van der Waals surface area contributed by atoms with Crippen molar-refractivity contribution in [1.82, 2.24) is 4.90 Å². The summed E-state index contributed by atoms with van der Waals surface area (Å²) in [7, 11) is 0. The number of nitriles is 1. The lowest BCUT2D eigenvalue weighted by molar-refractivity contribution is -0.134. The molecule has 122 valence electrons. The van der Waals surface area contributed by atoms with Crippen molar-refractivity contribution in [3.8, 4) is 6.07 Å². The maximum absolute atomic E-state index is 12.3. The van der Waals surface area contributed by atoms with Crippen molar-refractivity contribution in [3.05, 3.63) is 29.3 Å². The minimum absolute atomic E-state index is 0.0735. The molecule has 1 aromatic rings. The highest BCUT2D eigenvalue weighted by Crippen LogP contribution is 2.17. The number of benzene rings is 1. The van der Waals surface area contributed by atoms with Crippen molar-refractivity contribution in [2.45, 2.75) is 32.1 Å². The Bertz CT molecular complexity index is 587. The number of amides is 2. The van der Waals surface area contributed by atoms with Gasteiger partial charge in [-0.25, -0.2) is 0 Å². The largest absolute Gasteiger partial charge is 0.343 e. The van der Waals surface area contributed by atoms with Gasteiger partial charge in [-0.3, -0.25) is 9.59 Å². The zero-order valence-corrected chi connectivity index (χ0v) is 13.7. The van der Waals surface area contributed by atoms with E-state index in [0.717, 1.165) is 38.8 Å². The molecule has 23 heavy (non-hydrogen) atoms. The van der Waals surface area contributed by atoms with E-state index < -0.39 is 11.8 Å². The number of likely N-dealkylation sites (tertiary alicyclic amines) is 1. The van der Waals surface area contributed by atoms with Crippen LogP contribution in [-0.4, -0.2) is 29.8 Å². The number of hydrogen-bond donors (Lipinski definition) is 1. The van der Waals surface area contributed by atoms with Crippen LogP contribution in [0.5, 0.6) is 0 Å². The summed E-state index contributed by atoms with van der Waals surface area (Å²) in [4.78, 5) is 26.2. The summed E-state index contributed by atoms with van der Waals surface area (Å²) in [5, 5.41) is 12.4. The highest BCUT2D eigenvalue weighted by Gasteiger charge is 2.25. The maximum Gasteiger partial charge on any atom is 0.242 e. The second-order valence-electron chi connectivity index (χ2n) is 5.68. The zero-order valence-electron chi connectivity index (χ0n) is 12.9. The predicted molar refractivity (Wildman–Crippen MR) is 88.8 cm³/mol. The fourth-order valence-corrected chi connectivity index (χ4v) is 2.71. The molecule has 0 aliphatic carbocycles. The van der Waals surface area contributed by atoms with Crippen LogP contribution in [0.25, 0.3) is 0 Å². The molecule has 0 spiro atoms. The topological polar surface area (TPSA) is 73.2 Å². The highest BCUT2D eigenvalue weighted by molar-refractivity contribution is 6.30. The molecule has 0 bridgehead atoms. The number of hydrogen-bond acceptors (Lipinski definition) is 3. The molecule has 1 aliphatic heterocycles. The van der Waals surface area contributed by atoms with Gasteiger partial charge in [0.25, 0.3) is 0 Å². The van der Waals surface area contributed by atoms with E-state index in [1.165, 1.54) is 0 Å². The molecule has 2 amide bonds. The van der Waals surface area contributed by atoms with Crippen LogP contribution in [-0.2, 0) is 9.59 Å². The molecule has 0 saturated carbocycles. The molecule has 1 saturated heterocycles. The van der Waals surface area contributed by atoms with Crippen LogP contribution >= 0.6 is 11.6 Å². The van der Waals surface area contributed by atoms with E-state index in [0.29, 0.717) is 10.7 Å². The summed E-state index contributed by atoms with van der Waals surface area (Å²) in [5.41, 5.74) is 0.557. The van der Waals surface area contributed by atoms with Gasteiger partial charge in [0.2, 0.25) is 11.8 Å². The average Bonchev–Trinajstić information content (AvgIpc) is 2.83. The molecular weight excluding hydrogens is 314 g/mol. The molecule has 2 rings (SSSR count). The average molecular weight is 334 g/mol. The number of halogens is 1. The van der Waals surface area contributed by atoms with Crippen molar-refractivity contribution in [1.29, 1.82) is 5.26 Å². The minimum atomic E-state index is -0.985. The van der Waals surface area contributed by atoms with Gasteiger partial charge in [-0.05, 0) is 37.1 Å². The van der Waals surface area contributed by atoms with Crippen LogP contribution in [0.3, 0.4) is 0 Å². The minimum Gasteiger partial charge on any atom is -0.343 e. The molecule has 1 heterocycles. The lowest BCUT2D eigenvalue weighted by Crippen LogP contribution is -2.35. The molecule has 0 aromatic heterocycles. The third-order valence-corrected chi connectivity index (χ3v) is 4.17. The Morgan fingerprint density at radius 3 is 2.35 bits per heavy atom. The van der Waals surface area contributed by atoms with E-state index in [-0.39, 0.29) is 12.3 Å². The Hall–Kier alpha value is -2.06. The summed E-state index contributed by atoms with van der Waals surface area (Å²) >= 11 is 5.79. The van der Waals surface area contributed by atoms with Gasteiger partial charge >= 0.3 is 0 Å². The van der Waals surface area contributed by atoms with Gasteiger partial charge in [0.15, 0.2) is 0 Å². The summed E-state index contributed by atoms with van der Waals surface area (Å²) in [6.45, 7) is 1.44. The lowest BCUT2D eigenvalue weighted by Gasteiger charge is -2.21. The monoisotopic (exact) mass is 333 g/mol. The van der Waals surface area contributed by atoms with Crippen LogP contribution in [0.15, 0.2) is 24.3 Å². The van der Waals surface area contributed by atoms with Crippen LogP contribution in [0.1, 0.15) is 32.1 Å². The van der Waals surface area contributed by atoms with Crippen LogP contribution in [0, 0.1) is 17.2 Å². The first kappa shape index (κ1) is 17.3. The number of rotatable bonds is 4. The van der Waals surface area contributed by atoms with E-state index in [4.69, 9.17) is 11.6 Å². The van der Waals surface area contributed by atoms with Crippen molar-refractivity contribution >= 4 is 29.1 Å². The van der Waals surface area contributed by atoms with Gasteiger partial charge in [-0.2, -0.15) is 5.26 Å². The lowest BCUT2D eigenvalue weighted by atomic mass is 10.1. The van der Waals surface area contributed by atoms with Crippen LogP contribution in [0.4, 0.5) is 5.69 Å². The molecule has 1 N–H and O–H groups in total. The molecule has 1 aliphatic rings. The smallest absolute Gasteiger partial charge is 0.242 e. The molecule has 1 aromatic carbocycles. The van der Waals surface area contributed by atoms with Crippen molar-refractivity contribution < 1.29 is 9.59 Å². The van der Waals surface area contributed by atoms with Gasteiger partial charge in [0.05, 0.1) is 12.5 Å². The first-order valence-electron chi connectivity index (χ1n) is 7.84. The summed E-state index contributed by atoms with van der Waals surface area (Å²) in [5.74, 6) is -1.57. The SMILES string of the molecule is N#C[C@H](CC(=O)N1CCCCCC1)C(=O)Nc1ccc(Cl)cc1. The van der Waals surface area contributed by atoms with Gasteiger partial charge in [-0.1, -0.05) is 24.4 Å². The summed E-state index contributed by atoms with van der Waals surface area (Å²) < 4.78 is 0. The predicted octanol–water partition coefficient (Wildman–Crippen LogP) is 3.21. The number of anilines is 1. The highest BCUT2D eigenvalue weighted by atomic mass is 35.5. The van der Waals surface area contributed by atoms with E-state index >= 15 is 0 Å². The summed E-state index contributed by atoms with van der Waals surface area (Å²) in [6.07, 6.45) is 4.15. The maximum atomic E-state index is 12.3. The van der Waals surface area contributed by atoms with E-state index in [1.807, 2.05) is 6.07 Å². The molecule has 1 atom stereocenters. The van der Waals surface area contributed by atoms with Crippen LogP contribution in [0.2, 0.25) is 5.02 Å². The Balaban J connectivity index is 1.93. The normalized spacial score (nSPS) is 16.1. The third kappa shape index (κ3) is 5.26. The molecule has 5 nitrogen and oxygen atoms in total. The Morgan fingerprint density at radius 1 is 1.17 bits per heavy atom. The number of nitrogens with one attached hydrogen (secondary N) is 1. The van der Waals surface area contributed by atoms with Gasteiger partial charge < -0.3 is 10.2 Å². The molecule has 6 heteroatoms. The molecule has 1 fully saturated rings. The fraction of sp³-hybridized carbons (Fsp3) is 0.471. The Morgan fingerprint density at radius 2 is 1.78 bits per heavy atom. The van der Waals surface area contributed by atoms with Gasteiger partial charge in [0.1, 0.15) is 5.92 Å². The quantitative estimate of drug-likeness (QED) is 0.919. The van der Waals surface area contributed by atoms with Crippen molar-refractivity contribution in [3.63, 3.8) is 0 Å². The number of carbonyl (C=O) groups excluding carboxylic acids is 2.